The first kappa shape index (κ1) is 20.9. The minimum absolute atomic E-state index is 0.379. The van der Waals surface area contributed by atoms with E-state index in [-0.39, 0.29) is 5.92 Å². The van der Waals surface area contributed by atoms with E-state index >= 15 is 0 Å². The van der Waals surface area contributed by atoms with E-state index in [1.165, 1.54) is 0 Å². The molecule has 0 spiro atoms. The summed E-state index contributed by atoms with van der Waals surface area (Å²) in [7, 11) is 0. The fourth-order valence-electron chi connectivity index (χ4n) is 4.10. The Morgan fingerprint density at radius 3 is 2.48 bits per heavy atom. The summed E-state index contributed by atoms with van der Waals surface area (Å²) in [6.07, 6.45) is 5.22. The molecule has 1 fully saturated rings. The predicted octanol–water partition coefficient (Wildman–Crippen LogP) is 4.36. The predicted molar refractivity (Wildman–Crippen MR) is 118 cm³/mol. The van der Waals surface area contributed by atoms with Crippen LogP contribution in [0.5, 0.6) is 0 Å². The Balaban J connectivity index is 1.54. The van der Waals surface area contributed by atoms with Crippen LogP contribution < -0.4 is 5.32 Å². The van der Waals surface area contributed by atoms with Crippen LogP contribution in [0.4, 0.5) is 11.6 Å². The highest BCUT2D eigenvalue weighted by Crippen LogP contribution is 2.39. The van der Waals surface area contributed by atoms with Crippen LogP contribution >= 0.6 is 0 Å². The zero-order valence-corrected chi connectivity index (χ0v) is 17.7. The molecule has 0 unspecified atom stereocenters. The molecule has 3 N–H and O–H groups in total. The second-order valence-corrected chi connectivity index (χ2v) is 8.31. The van der Waals surface area contributed by atoms with E-state index in [4.69, 9.17) is 0 Å². The number of carboxylic acids is 1. The molecule has 0 atom stereocenters. The summed E-state index contributed by atoms with van der Waals surface area (Å²) in [5.41, 5.74) is 4.32. The quantitative estimate of drug-likeness (QED) is 0.565. The number of hydrogen-bond acceptors (Lipinski definition) is 6. The van der Waals surface area contributed by atoms with Gasteiger partial charge in [0.05, 0.1) is 11.6 Å². The number of aryl methyl sites for hydroxylation is 2. The van der Waals surface area contributed by atoms with Gasteiger partial charge in [-0.05, 0) is 74.9 Å². The van der Waals surface area contributed by atoms with Crippen molar-refractivity contribution in [3.63, 3.8) is 0 Å². The number of nitrogens with one attached hydrogen (secondary N) is 1. The van der Waals surface area contributed by atoms with Crippen molar-refractivity contribution >= 4 is 17.6 Å². The van der Waals surface area contributed by atoms with Gasteiger partial charge >= 0.3 is 5.97 Å². The Kier molecular flexibility index (Phi) is 5.69. The molecule has 4 rings (SSSR count). The lowest BCUT2D eigenvalue weighted by Gasteiger charge is -2.34. The van der Waals surface area contributed by atoms with Crippen molar-refractivity contribution < 1.29 is 15.0 Å². The van der Waals surface area contributed by atoms with Gasteiger partial charge in [0.15, 0.2) is 0 Å². The van der Waals surface area contributed by atoms with Gasteiger partial charge in [-0.2, -0.15) is 0 Å². The molecule has 0 bridgehead atoms. The summed E-state index contributed by atoms with van der Waals surface area (Å²) in [4.78, 5) is 24.4. The number of nitrogens with zero attached hydrogens (tertiary/aromatic N) is 3. The smallest absolute Gasteiger partial charge is 0.306 e. The summed E-state index contributed by atoms with van der Waals surface area (Å²) in [5, 5.41) is 23.4. The minimum Gasteiger partial charge on any atom is -0.481 e. The van der Waals surface area contributed by atoms with Crippen molar-refractivity contribution in [2.24, 2.45) is 5.92 Å². The Hall–Kier alpha value is -3.32. The fourth-order valence-corrected chi connectivity index (χ4v) is 4.10. The lowest BCUT2D eigenvalue weighted by atomic mass is 9.77. The molecule has 1 aliphatic rings. The standard InChI is InChI=1S/C24H26N4O3/c1-15-11-19(13-20(12-15)28-23-25-10-7-16(2)27-23)18-3-4-21(26-14-18)24(31)8-5-17(6-9-24)22(29)30/h3-4,7,10-14,17,31H,5-6,8-9H2,1-2H3,(H,29,30)(H,25,27,28)/t17-,24+. The maximum absolute atomic E-state index is 11.2. The second kappa shape index (κ2) is 8.43. The normalized spacial score (nSPS) is 20.9. The third-order valence-corrected chi connectivity index (χ3v) is 5.86. The van der Waals surface area contributed by atoms with Gasteiger partial charge in [-0.3, -0.25) is 9.78 Å². The molecule has 7 heteroatoms. The SMILES string of the molecule is Cc1cc(Nc2nccc(C)n2)cc(-c2ccc([C@]3(O)CC[C@@H](C(=O)O)CC3)nc2)c1. The number of aliphatic carboxylic acids is 1. The van der Waals surface area contributed by atoms with Crippen LogP contribution in [0.1, 0.15) is 42.6 Å². The molecular weight excluding hydrogens is 392 g/mol. The number of benzene rings is 1. The zero-order valence-electron chi connectivity index (χ0n) is 17.7. The molecule has 0 saturated heterocycles. The number of hydrogen-bond donors (Lipinski definition) is 3. The Morgan fingerprint density at radius 1 is 1.06 bits per heavy atom. The lowest BCUT2D eigenvalue weighted by molar-refractivity contribution is -0.145. The zero-order chi connectivity index (χ0) is 22.0. The minimum atomic E-state index is -1.06. The fraction of sp³-hybridized carbons (Fsp3) is 0.333. The van der Waals surface area contributed by atoms with Crippen molar-refractivity contribution in [1.29, 1.82) is 0 Å². The van der Waals surface area contributed by atoms with Crippen molar-refractivity contribution in [2.75, 3.05) is 5.32 Å². The molecule has 7 nitrogen and oxygen atoms in total. The monoisotopic (exact) mass is 418 g/mol. The topological polar surface area (TPSA) is 108 Å². The summed E-state index contributed by atoms with van der Waals surface area (Å²) in [5.74, 6) is -0.621. The van der Waals surface area contributed by atoms with Crippen molar-refractivity contribution in [1.82, 2.24) is 15.0 Å². The molecule has 0 radical (unpaired) electrons. The first-order valence-electron chi connectivity index (χ1n) is 10.4. The Morgan fingerprint density at radius 2 is 1.84 bits per heavy atom. The van der Waals surface area contributed by atoms with Crippen LogP contribution in [0, 0.1) is 19.8 Å². The van der Waals surface area contributed by atoms with E-state index in [1.807, 2.05) is 44.2 Å². The molecule has 0 aliphatic heterocycles. The van der Waals surface area contributed by atoms with Crippen LogP contribution in [0.15, 0.2) is 48.8 Å². The highest BCUT2D eigenvalue weighted by molar-refractivity contribution is 5.71. The number of carboxylic acid groups (broad SMARTS) is 1. The van der Waals surface area contributed by atoms with Crippen LogP contribution in [0.25, 0.3) is 11.1 Å². The Labute approximate surface area is 181 Å². The third kappa shape index (κ3) is 4.72. The van der Waals surface area contributed by atoms with Crippen LogP contribution in [-0.2, 0) is 10.4 Å². The van der Waals surface area contributed by atoms with E-state index < -0.39 is 11.6 Å². The van der Waals surface area contributed by atoms with Crippen LogP contribution in [0.3, 0.4) is 0 Å². The molecular formula is C24H26N4O3. The molecule has 2 aromatic heterocycles. The summed E-state index contributed by atoms with van der Waals surface area (Å²) in [6, 6.07) is 11.8. The molecule has 1 saturated carbocycles. The van der Waals surface area contributed by atoms with Gasteiger partial charge in [-0.1, -0.05) is 12.1 Å². The van der Waals surface area contributed by atoms with E-state index in [0.717, 1.165) is 28.1 Å². The van der Waals surface area contributed by atoms with E-state index in [2.05, 4.69) is 26.3 Å². The van der Waals surface area contributed by atoms with Gasteiger partial charge in [0.1, 0.15) is 5.60 Å². The van der Waals surface area contributed by atoms with Gasteiger partial charge in [0.2, 0.25) is 5.95 Å². The summed E-state index contributed by atoms with van der Waals surface area (Å²) in [6.45, 7) is 3.95. The average molecular weight is 418 g/mol. The molecule has 1 aromatic carbocycles. The van der Waals surface area contributed by atoms with Crippen molar-refractivity contribution in [2.45, 2.75) is 45.1 Å². The van der Waals surface area contributed by atoms with Gasteiger partial charge in [0.25, 0.3) is 0 Å². The van der Waals surface area contributed by atoms with Gasteiger partial charge in [-0.15, -0.1) is 0 Å². The molecule has 160 valence electrons. The number of pyridine rings is 1. The van der Waals surface area contributed by atoms with Crippen molar-refractivity contribution in [3.05, 3.63) is 65.7 Å². The highest BCUT2D eigenvalue weighted by atomic mass is 16.4. The summed E-state index contributed by atoms with van der Waals surface area (Å²) >= 11 is 0. The first-order valence-corrected chi connectivity index (χ1v) is 10.4. The summed E-state index contributed by atoms with van der Waals surface area (Å²) < 4.78 is 0. The van der Waals surface area contributed by atoms with Gasteiger partial charge < -0.3 is 15.5 Å². The van der Waals surface area contributed by atoms with E-state index in [9.17, 15) is 15.0 Å². The van der Waals surface area contributed by atoms with Crippen molar-refractivity contribution in [3.8, 4) is 11.1 Å². The molecule has 3 aromatic rings. The number of aromatic nitrogens is 3. The maximum atomic E-state index is 11.2. The van der Waals surface area contributed by atoms with Crippen LogP contribution in [-0.4, -0.2) is 31.1 Å². The number of rotatable bonds is 5. The van der Waals surface area contributed by atoms with Gasteiger partial charge in [0, 0.05) is 29.3 Å². The molecule has 2 heterocycles. The lowest BCUT2D eigenvalue weighted by Crippen LogP contribution is -2.34. The third-order valence-electron chi connectivity index (χ3n) is 5.86. The highest BCUT2D eigenvalue weighted by Gasteiger charge is 2.38. The molecule has 1 aliphatic carbocycles. The molecule has 31 heavy (non-hydrogen) atoms. The van der Waals surface area contributed by atoms with E-state index in [0.29, 0.717) is 37.3 Å². The number of carbonyl (C=O) groups is 1. The second-order valence-electron chi connectivity index (χ2n) is 8.31. The van der Waals surface area contributed by atoms with Gasteiger partial charge in [-0.25, -0.2) is 9.97 Å². The Bertz CT molecular complexity index is 1090. The largest absolute Gasteiger partial charge is 0.481 e. The maximum Gasteiger partial charge on any atom is 0.306 e. The number of aliphatic hydroxyl groups is 1. The van der Waals surface area contributed by atoms with Crippen LogP contribution in [0.2, 0.25) is 0 Å². The molecule has 0 amide bonds. The number of anilines is 2. The van der Waals surface area contributed by atoms with E-state index in [1.54, 1.807) is 12.4 Å². The average Bonchev–Trinajstić information content (AvgIpc) is 2.74. The first-order chi connectivity index (χ1) is 14.8.